The molecule has 0 atom stereocenters. The van der Waals surface area contributed by atoms with Crippen LogP contribution in [0.2, 0.25) is 0 Å². The third-order valence-corrected chi connectivity index (χ3v) is 3.24. The Balaban J connectivity index is 1.57. The summed E-state index contributed by atoms with van der Waals surface area (Å²) in [6.07, 6.45) is 0. The van der Waals surface area contributed by atoms with Crippen LogP contribution in [-0.4, -0.2) is 10.1 Å². The van der Waals surface area contributed by atoms with E-state index in [1.807, 2.05) is 13.0 Å². The van der Waals surface area contributed by atoms with E-state index in [2.05, 4.69) is 64.0 Å². The average molecular weight is 279 g/mol. The minimum Gasteiger partial charge on any atom is -0.338 e. The molecule has 0 aliphatic heterocycles. The van der Waals surface area contributed by atoms with Crippen molar-refractivity contribution in [2.75, 3.05) is 0 Å². The summed E-state index contributed by atoms with van der Waals surface area (Å²) in [7, 11) is 0. The van der Waals surface area contributed by atoms with Crippen molar-refractivity contribution in [2.24, 2.45) is 0 Å². The molecule has 0 saturated heterocycles. The van der Waals surface area contributed by atoms with Crippen molar-refractivity contribution in [1.82, 2.24) is 15.5 Å². The molecule has 2 aromatic carbocycles. The van der Waals surface area contributed by atoms with Crippen LogP contribution in [0.4, 0.5) is 0 Å². The van der Waals surface area contributed by atoms with Gasteiger partial charge < -0.3 is 9.84 Å². The van der Waals surface area contributed by atoms with Gasteiger partial charge in [-0.25, -0.2) is 0 Å². The Morgan fingerprint density at radius 3 is 2.29 bits per heavy atom. The Hall–Kier alpha value is -2.46. The standard InChI is InChI=1S/C17H17N3O/c1-13-19-17(21-20-13)12-18-11-14-7-9-16(10-8-14)15-5-3-2-4-6-15/h2-10,18H,11-12H2,1H3. The Morgan fingerprint density at radius 1 is 0.905 bits per heavy atom. The second kappa shape index (κ2) is 6.33. The number of nitrogens with one attached hydrogen (secondary N) is 1. The molecule has 4 heteroatoms. The number of aromatic nitrogens is 2. The maximum absolute atomic E-state index is 5.06. The molecular formula is C17H17N3O. The topological polar surface area (TPSA) is 51.0 Å². The number of aryl methyl sites for hydroxylation is 1. The highest BCUT2D eigenvalue weighted by Crippen LogP contribution is 2.19. The molecule has 0 spiro atoms. The minimum absolute atomic E-state index is 0.585. The summed E-state index contributed by atoms with van der Waals surface area (Å²) < 4.78 is 5.06. The van der Waals surface area contributed by atoms with Crippen LogP contribution in [0.25, 0.3) is 11.1 Å². The Kier molecular flexibility index (Phi) is 4.07. The molecule has 4 nitrogen and oxygen atoms in total. The SMILES string of the molecule is Cc1noc(CNCc2ccc(-c3ccccc3)cc2)n1. The summed E-state index contributed by atoms with van der Waals surface area (Å²) in [6, 6.07) is 18.9. The van der Waals surface area contributed by atoms with Gasteiger partial charge in [0.05, 0.1) is 6.54 Å². The predicted molar refractivity (Wildman–Crippen MR) is 81.5 cm³/mol. The highest BCUT2D eigenvalue weighted by atomic mass is 16.5. The van der Waals surface area contributed by atoms with Crippen molar-refractivity contribution in [3.8, 4) is 11.1 Å². The van der Waals surface area contributed by atoms with Gasteiger partial charge in [0.15, 0.2) is 5.82 Å². The summed E-state index contributed by atoms with van der Waals surface area (Å²) in [5.74, 6) is 1.28. The van der Waals surface area contributed by atoms with Crippen molar-refractivity contribution in [3.63, 3.8) is 0 Å². The van der Waals surface area contributed by atoms with Gasteiger partial charge in [-0.2, -0.15) is 4.98 Å². The lowest BCUT2D eigenvalue weighted by atomic mass is 10.0. The van der Waals surface area contributed by atoms with Crippen LogP contribution in [0.5, 0.6) is 0 Å². The van der Waals surface area contributed by atoms with Crippen LogP contribution in [0.3, 0.4) is 0 Å². The molecule has 0 bridgehead atoms. The number of hydrogen-bond acceptors (Lipinski definition) is 4. The van der Waals surface area contributed by atoms with Gasteiger partial charge in [0.25, 0.3) is 0 Å². The molecule has 3 aromatic rings. The first kappa shape index (κ1) is 13.5. The molecule has 21 heavy (non-hydrogen) atoms. The van der Waals surface area contributed by atoms with Crippen molar-refractivity contribution in [1.29, 1.82) is 0 Å². The first-order valence-corrected chi connectivity index (χ1v) is 6.95. The second-order valence-corrected chi connectivity index (χ2v) is 4.90. The molecule has 0 radical (unpaired) electrons. The van der Waals surface area contributed by atoms with E-state index in [4.69, 9.17) is 4.52 Å². The summed E-state index contributed by atoms with van der Waals surface area (Å²) in [6.45, 7) is 3.17. The Labute approximate surface area is 123 Å². The van der Waals surface area contributed by atoms with Gasteiger partial charge in [-0.15, -0.1) is 0 Å². The van der Waals surface area contributed by atoms with Gasteiger partial charge in [0, 0.05) is 6.54 Å². The zero-order valence-corrected chi connectivity index (χ0v) is 11.9. The van der Waals surface area contributed by atoms with E-state index >= 15 is 0 Å². The Bertz CT molecular complexity index is 690. The average Bonchev–Trinajstić information content (AvgIpc) is 2.94. The summed E-state index contributed by atoms with van der Waals surface area (Å²) in [5, 5.41) is 7.06. The highest BCUT2D eigenvalue weighted by molar-refractivity contribution is 5.63. The minimum atomic E-state index is 0.585. The van der Waals surface area contributed by atoms with Gasteiger partial charge >= 0.3 is 0 Å². The lowest BCUT2D eigenvalue weighted by molar-refractivity contribution is 0.364. The summed E-state index contributed by atoms with van der Waals surface area (Å²) >= 11 is 0. The van der Waals surface area contributed by atoms with E-state index in [1.54, 1.807) is 0 Å². The fraction of sp³-hybridized carbons (Fsp3) is 0.176. The third-order valence-electron chi connectivity index (χ3n) is 3.24. The van der Waals surface area contributed by atoms with Crippen LogP contribution in [0.1, 0.15) is 17.3 Å². The lowest BCUT2D eigenvalue weighted by Gasteiger charge is -2.05. The monoisotopic (exact) mass is 279 g/mol. The van der Waals surface area contributed by atoms with E-state index in [-0.39, 0.29) is 0 Å². The first-order chi connectivity index (χ1) is 10.3. The molecule has 1 N–H and O–H groups in total. The number of rotatable bonds is 5. The van der Waals surface area contributed by atoms with Crippen molar-refractivity contribution < 1.29 is 4.52 Å². The van der Waals surface area contributed by atoms with Gasteiger partial charge in [0.2, 0.25) is 5.89 Å². The molecule has 0 fully saturated rings. The molecule has 0 aliphatic rings. The smallest absolute Gasteiger partial charge is 0.240 e. The van der Waals surface area contributed by atoms with Crippen LogP contribution >= 0.6 is 0 Å². The van der Waals surface area contributed by atoms with Gasteiger partial charge in [-0.05, 0) is 23.6 Å². The van der Waals surface area contributed by atoms with E-state index in [0.717, 1.165) is 6.54 Å². The summed E-state index contributed by atoms with van der Waals surface area (Å²) in [4.78, 5) is 4.16. The predicted octanol–water partition coefficient (Wildman–Crippen LogP) is 3.33. The normalized spacial score (nSPS) is 10.7. The molecule has 0 saturated carbocycles. The highest BCUT2D eigenvalue weighted by Gasteiger charge is 2.02. The lowest BCUT2D eigenvalue weighted by Crippen LogP contribution is -2.12. The van der Waals surface area contributed by atoms with Crippen molar-refractivity contribution in [3.05, 3.63) is 71.9 Å². The van der Waals surface area contributed by atoms with Crippen LogP contribution in [-0.2, 0) is 13.1 Å². The zero-order chi connectivity index (χ0) is 14.5. The summed E-state index contributed by atoms with van der Waals surface area (Å²) in [5.41, 5.74) is 3.69. The zero-order valence-electron chi connectivity index (χ0n) is 11.9. The second-order valence-electron chi connectivity index (χ2n) is 4.90. The molecular weight excluding hydrogens is 262 g/mol. The molecule has 0 unspecified atom stereocenters. The first-order valence-electron chi connectivity index (χ1n) is 6.95. The van der Waals surface area contributed by atoms with E-state index in [9.17, 15) is 0 Å². The third kappa shape index (κ3) is 3.55. The fourth-order valence-corrected chi connectivity index (χ4v) is 2.17. The molecule has 0 aliphatic carbocycles. The van der Waals surface area contributed by atoms with E-state index < -0.39 is 0 Å². The van der Waals surface area contributed by atoms with Crippen LogP contribution in [0, 0.1) is 6.92 Å². The quantitative estimate of drug-likeness (QED) is 0.778. The van der Waals surface area contributed by atoms with E-state index in [0.29, 0.717) is 18.3 Å². The van der Waals surface area contributed by atoms with Crippen molar-refractivity contribution in [2.45, 2.75) is 20.0 Å². The molecule has 0 amide bonds. The molecule has 106 valence electrons. The Morgan fingerprint density at radius 2 is 1.62 bits per heavy atom. The van der Waals surface area contributed by atoms with Crippen molar-refractivity contribution >= 4 is 0 Å². The fourth-order valence-electron chi connectivity index (χ4n) is 2.17. The molecule has 3 rings (SSSR count). The number of benzene rings is 2. The molecule has 1 aromatic heterocycles. The van der Waals surface area contributed by atoms with Crippen LogP contribution in [0.15, 0.2) is 59.1 Å². The van der Waals surface area contributed by atoms with Gasteiger partial charge in [-0.1, -0.05) is 59.8 Å². The number of hydrogen-bond donors (Lipinski definition) is 1. The maximum atomic E-state index is 5.06. The molecule has 1 heterocycles. The maximum Gasteiger partial charge on any atom is 0.240 e. The van der Waals surface area contributed by atoms with E-state index in [1.165, 1.54) is 16.7 Å². The van der Waals surface area contributed by atoms with Crippen LogP contribution < -0.4 is 5.32 Å². The van der Waals surface area contributed by atoms with Gasteiger partial charge in [-0.3, -0.25) is 0 Å². The number of nitrogens with zero attached hydrogens (tertiary/aromatic N) is 2. The van der Waals surface area contributed by atoms with Gasteiger partial charge in [0.1, 0.15) is 0 Å². The largest absolute Gasteiger partial charge is 0.338 e.